The molecule has 2 aromatic carbocycles. The number of halogens is 1. The van der Waals surface area contributed by atoms with Crippen molar-refractivity contribution in [3.8, 4) is 11.5 Å². The maximum Gasteiger partial charge on any atom is 0.259 e. The summed E-state index contributed by atoms with van der Waals surface area (Å²) in [5, 5.41) is 3.52. The summed E-state index contributed by atoms with van der Waals surface area (Å²) in [4.78, 5) is 17.3. The minimum Gasteiger partial charge on any atom is -0.493 e. The van der Waals surface area contributed by atoms with E-state index in [9.17, 15) is 13.6 Å². The monoisotopic (exact) mass is 562 g/mol. The third-order valence-corrected chi connectivity index (χ3v) is 7.33. The Morgan fingerprint density at radius 2 is 1.89 bits per heavy atom. The molecule has 3 aromatic rings. The first-order chi connectivity index (χ1) is 18.1. The number of ether oxygens (including phenoxy) is 2. The van der Waals surface area contributed by atoms with E-state index < -0.39 is 11.3 Å². The number of anilines is 1. The van der Waals surface area contributed by atoms with Crippen LogP contribution in [0.3, 0.4) is 0 Å². The van der Waals surface area contributed by atoms with E-state index >= 15 is 0 Å². The summed E-state index contributed by atoms with van der Waals surface area (Å²) in [6, 6.07) is 11.1. The van der Waals surface area contributed by atoms with Gasteiger partial charge in [-0.1, -0.05) is 42.8 Å². The first kappa shape index (κ1) is 29.5. The summed E-state index contributed by atoms with van der Waals surface area (Å²) in [5.74, 6) is 1.99. The average Bonchev–Trinajstić information content (AvgIpc) is 3.15. The second-order valence-corrected chi connectivity index (χ2v) is 10.3. The van der Waals surface area contributed by atoms with Gasteiger partial charge in [-0.15, -0.1) is 0 Å². The summed E-state index contributed by atoms with van der Waals surface area (Å²) in [7, 11) is 3.13. The number of methoxy groups -OCH3 is 2. The van der Waals surface area contributed by atoms with Crippen molar-refractivity contribution in [3.05, 3.63) is 69.8 Å². The molecular weight excluding hydrogens is 528 g/mol. The highest BCUT2D eigenvalue weighted by molar-refractivity contribution is 7.80. The van der Waals surface area contributed by atoms with E-state index in [2.05, 4.69) is 21.9 Å². The van der Waals surface area contributed by atoms with E-state index in [0.29, 0.717) is 48.0 Å². The van der Waals surface area contributed by atoms with E-state index in [1.165, 1.54) is 0 Å². The van der Waals surface area contributed by atoms with Gasteiger partial charge in [0.25, 0.3) is 11.3 Å². The maximum atomic E-state index is 12.7. The van der Waals surface area contributed by atoms with Crippen molar-refractivity contribution in [2.24, 2.45) is 5.92 Å². The summed E-state index contributed by atoms with van der Waals surface area (Å²) in [5.41, 5.74) is 4.19. The maximum absolute atomic E-state index is 12.7. The van der Waals surface area contributed by atoms with Crippen molar-refractivity contribution in [1.82, 2.24) is 14.9 Å². The minimum absolute atomic E-state index is 0.0575. The fourth-order valence-electron chi connectivity index (χ4n) is 4.30. The van der Waals surface area contributed by atoms with Crippen LogP contribution in [0.2, 0.25) is 5.02 Å². The van der Waals surface area contributed by atoms with Crippen LogP contribution in [0.1, 0.15) is 48.1 Å². The molecule has 1 amide bonds. The number of nitrogens with zero attached hydrogens (tertiary/aromatic N) is 2. The molecule has 0 aliphatic heterocycles. The van der Waals surface area contributed by atoms with Gasteiger partial charge in [0.1, 0.15) is 5.82 Å². The highest BCUT2D eigenvalue weighted by atomic mass is 35.5. The Morgan fingerprint density at radius 1 is 1.16 bits per heavy atom. The highest BCUT2D eigenvalue weighted by Crippen LogP contribution is 2.38. The second kappa shape index (κ2) is 13.6. The van der Waals surface area contributed by atoms with Crippen LogP contribution in [-0.2, 0) is 35.6 Å². The van der Waals surface area contributed by atoms with Gasteiger partial charge in [0, 0.05) is 12.1 Å². The summed E-state index contributed by atoms with van der Waals surface area (Å²) in [6.45, 7) is 6.71. The van der Waals surface area contributed by atoms with Crippen molar-refractivity contribution in [1.29, 1.82) is 0 Å². The Balaban J connectivity index is 1.59. The van der Waals surface area contributed by atoms with Gasteiger partial charge in [-0.25, -0.2) is 9.19 Å². The molecule has 1 heterocycles. The fourth-order valence-corrected chi connectivity index (χ4v) is 5.00. The van der Waals surface area contributed by atoms with Gasteiger partial charge in [0.2, 0.25) is 5.91 Å². The molecule has 0 saturated carbocycles. The molecule has 3 N–H and O–H groups in total. The lowest BCUT2D eigenvalue weighted by atomic mass is 9.96. The Kier molecular flexibility index (Phi) is 10.6. The lowest BCUT2D eigenvalue weighted by Crippen LogP contribution is -2.25. The Morgan fingerprint density at radius 3 is 2.58 bits per heavy atom. The SMILES string of the molecule is COc1ccc(CC(C)CCC(=O)NCc2nc(C)c(C)n2Cc2ccccc2NS(=O)O)c(Cl)c1OC. The minimum atomic E-state index is -2.18. The molecule has 1 aromatic heterocycles. The van der Waals surface area contributed by atoms with Crippen LogP contribution in [0.4, 0.5) is 5.69 Å². The van der Waals surface area contributed by atoms with Crippen LogP contribution in [0.5, 0.6) is 11.5 Å². The van der Waals surface area contributed by atoms with Crippen LogP contribution in [0.15, 0.2) is 36.4 Å². The van der Waals surface area contributed by atoms with E-state index in [-0.39, 0.29) is 18.4 Å². The van der Waals surface area contributed by atoms with Crippen molar-refractivity contribution in [3.63, 3.8) is 0 Å². The molecule has 0 spiro atoms. The number of aromatic nitrogens is 2. The smallest absolute Gasteiger partial charge is 0.259 e. The number of hydrogen-bond acceptors (Lipinski definition) is 5. The third kappa shape index (κ3) is 7.49. The fraction of sp³-hybridized carbons (Fsp3) is 0.407. The quantitative estimate of drug-likeness (QED) is 0.251. The van der Waals surface area contributed by atoms with Gasteiger partial charge in [-0.3, -0.25) is 14.1 Å². The number of rotatable bonds is 13. The van der Waals surface area contributed by atoms with Crippen molar-refractivity contribution in [2.75, 3.05) is 18.9 Å². The van der Waals surface area contributed by atoms with E-state index in [1.54, 1.807) is 26.4 Å². The lowest BCUT2D eigenvalue weighted by molar-refractivity contribution is -0.121. The molecule has 3 rings (SSSR count). The molecular formula is C27H35ClN4O5S. The number of para-hydroxylation sites is 1. The largest absolute Gasteiger partial charge is 0.493 e. The number of aryl methyl sites for hydroxylation is 1. The molecule has 11 heteroatoms. The van der Waals surface area contributed by atoms with E-state index in [1.807, 2.05) is 42.7 Å². The van der Waals surface area contributed by atoms with Crippen molar-refractivity contribution < 1.29 is 23.0 Å². The number of carbonyl (C=O) groups is 1. The first-order valence-electron chi connectivity index (χ1n) is 12.3. The van der Waals surface area contributed by atoms with Gasteiger partial charge in [-0.05, 0) is 55.9 Å². The molecule has 38 heavy (non-hydrogen) atoms. The molecule has 0 saturated heterocycles. The summed E-state index contributed by atoms with van der Waals surface area (Å²) >= 11 is 4.34. The number of imidazole rings is 1. The summed E-state index contributed by atoms with van der Waals surface area (Å²) in [6.07, 6.45) is 1.78. The van der Waals surface area contributed by atoms with Crippen LogP contribution in [0.25, 0.3) is 0 Å². The van der Waals surface area contributed by atoms with E-state index in [0.717, 1.165) is 28.3 Å². The molecule has 0 radical (unpaired) electrons. The topological polar surface area (TPSA) is 115 Å². The van der Waals surface area contributed by atoms with Gasteiger partial charge in [0.15, 0.2) is 11.5 Å². The molecule has 206 valence electrons. The Labute approximate surface area is 231 Å². The lowest BCUT2D eigenvalue weighted by Gasteiger charge is -2.16. The molecule has 2 unspecified atom stereocenters. The zero-order chi connectivity index (χ0) is 27.8. The number of nitrogens with one attached hydrogen (secondary N) is 2. The average molecular weight is 563 g/mol. The van der Waals surface area contributed by atoms with Gasteiger partial charge >= 0.3 is 0 Å². The Bertz CT molecular complexity index is 1300. The Hall–Kier alpha value is -3.08. The zero-order valence-electron chi connectivity index (χ0n) is 22.3. The number of hydrogen-bond donors (Lipinski definition) is 3. The standard InChI is InChI=1S/C27H35ClN4O5S/c1-17(14-20-11-12-23(36-4)27(37-5)26(20)28)10-13-25(33)29-15-24-30-18(2)19(3)32(24)16-21-8-6-7-9-22(21)31-38(34)35/h6-9,11-12,17,31H,10,13-16H2,1-5H3,(H,29,33)(H,34,35). The number of benzene rings is 2. The van der Waals surface area contributed by atoms with Crippen LogP contribution >= 0.6 is 11.6 Å². The van der Waals surface area contributed by atoms with E-state index in [4.69, 9.17) is 21.1 Å². The third-order valence-electron chi connectivity index (χ3n) is 6.52. The number of amides is 1. The highest BCUT2D eigenvalue weighted by Gasteiger charge is 2.17. The van der Waals surface area contributed by atoms with Crippen LogP contribution in [-0.4, -0.2) is 38.4 Å². The van der Waals surface area contributed by atoms with Gasteiger partial charge in [0.05, 0.1) is 43.7 Å². The zero-order valence-corrected chi connectivity index (χ0v) is 23.9. The normalized spacial score (nSPS) is 12.6. The van der Waals surface area contributed by atoms with Crippen molar-refractivity contribution in [2.45, 2.75) is 53.1 Å². The van der Waals surface area contributed by atoms with Crippen LogP contribution in [0, 0.1) is 19.8 Å². The summed E-state index contributed by atoms with van der Waals surface area (Å²) < 4.78 is 35.8. The predicted molar refractivity (Wildman–Crippen MR) is 150 cm³/mol. The molecule has 0 aliphatic rings. The molecule has 2 atom stereocenters. The first-order valence-corrected chi connectivity index (χ1v) is 13.8. The van der Waals surface area contributed by atoms with Gasteiger partial charge < -0.3 is 19.4 Å². The number of carbonyl (C=O) groups excluding carboxylic acids is 1. The molecule has 0 fully saturated rings. The van der Waals surface area contributed by atoms with Crippen molar-refractivity contribution >= 4 is 34.5 Å². The van der Waals surface area contributed by atoms with Crippen LogP contribution < -0.4 is 19.5 Å². The second-order valence-electron chi connectivity index (χ2n) is 9.19. The molecule has 0 aliphatic carbocycles. The molecule has 9 nitrogen and oxygen atoms in total. The van der Waals surface area contributed by atoms with Gasteiger partial charge in [-0.2, -0.15) is 0 Å². The predicted octanol–water partition coefficient (Wildman–Crippen LogP) is 5.04. The molecule has 0 bridgehead atoms.